The van der Waals surface area contributed by atoms with E-state index in [1.807, 2.05) is 30.5 Å². The molecule has 0 aliphatic heterocycles. The van der Waals surface area contributed by atoms with E-state index in [2.05, 4.69) is 15.2 Å². The van der Waals surface area contributed by atoms with Gasteiger partial charge < -0.3 is 0 Å². The van der Waals surface area contributed by atoms with E-state index in [0.29, 0.717) is 5.69 Å². The van der Waals surface area contributed by atoms with Crippen molar-refractivity contribution in [2.24, 2.45) is 5.10 Å². The lowest BCUT2D eigenvalue weighted by Crippen LogP contribution is -2.14. The summed E-state index contributed by atoms with van der Waals surface area (Å²) in [4.78, 5) is 11.5. The number of benzene rings is 2. The Hall–Kier alpha value is -3.24. The molecule has 2 N–H and O–H groups in total. The zero-order chi connectivity index (χ0) is 21.0. The molecule has 3 rings (SSSR count). The third-order valence-corrected chi connectivity index (χ3v) is 6.19. The molecular weight excluding hydrogens is 412 g/mol. The second-order valence-electron chi connectivity index (χ2n) is 6.25. The fraction of sp³-hybridized carbons (Fsp3) is 0.105. The number of hydrogen-bond donors (Lipinski definition) is 2. The van der Waals surface area contributed by atoms with Gasteiger partial charge in [-0.05, 0) is 49.1 Å². The van der Waals surface area contributed by atoms with Crippen molar-refractivity contribution in [1.82, 2.24) is 0 Å². The zero-order valence-corrected chi connectivity index (χ0v) is 17.3. The Morgan fingerprint density at radius 1 is 1.10 bits per heavy atom. The molecule has 0 spiro atoms. The minimum atomic E-state index is -4.00. The van der Waals surface area contributed by atoms with Crippen LogP contribution in [-0.2, 0) is 10.0 Å². The van der Waals surface area contributed by atoms with Gasteiger partial charge in [-0.1, -0.05) is 23.8 Å². The number of nitrogens with zero attached hydrogens (tertiary/aromatic N) is 2. The van der Waals surface area contributed by atoms with Crippen molar-refractivity contribution in [2.75, 3.05) is 10.1 Å². The van der Waals surface area contributed by atoms with Crippen molar-refractivity contribution in [3.63, 3.8) is 0 Å². The molecule has 0 bridgehead atoms. The van der Waals surface area contributed by atoms with Crippen LogP contribution in [0.5, 0.6) is 0 Å². The van der Waals surface area contributed by atoms with Gasteiger partial charge >= 0.3 is 0 Å². The zero-order valence-electron chi connectivity index (χ0n) is 15.6. The summed E-state index contributed by atoms with van der Waals surface area (Å²) in [5.41, 5.74) is 4.47. The number of rotatable bonds is 7. The molecule has 0 aliphatic carbocycles. The monoisotopic (exact) mass is 430 g/mol. The normalized spacial score (nSPS) is 11.5. The van der Waals surface area contributed by atoms with Gasteiger partial charge in [-0.3, -0.25) is 20.3 Å². The Labute approximate surface area is 172 Å². The van der Waals surface area contributed by atoms with E-state index >= 15 is 0 Å². The molecule has 10 heteroatoms. The molecule has 0 unspecified atom stereocenters. The average molecular weight is 431 g/mol. The molecule has 0 aliphatic rings. The largest absolute Gasteiger partial charge is 0.295 e. The van der Waals surface area contributed by atoms with E-state index in [4.69, 9.17) is 0 Å². The maximum absolute atomic E-state index is 12.7. The highest BCUT2D eigenvalue weighted by Crippen LogP contribution is 2.29. The van der Waals surface area contributed by atoms with Crippen molar-refractivity contribution in [2.45, 2.75) is 18.7 Å². The number of hydrogen-bond acceptors (Lipinski definition) is 7. The van der Waals surface area contributed by atoms with E-state index in [1.165, 1.54) is 29.7 Å². The molecule has 1 heterocycles. The highest BCUT2D eigenvalue weighted by molar-refractivity contribution is 7.92. The lowest BCUT2D eigenvalue weighted by molar-refractivity contribution is -0.384. The van der Waals surface area contributed by atoms with Gasteiger partial charge in [0.1, 0.15) is 5.69 Å². The Balaban J connectivity index is 1.87. The molecule has 0 saturated heterocycles. The third-order valence-electron chi connectivity index (χ3n) is 4.02. The Kier molecular flexibility index (Phi) is 5.95. The minimum Gasteiger partial charge on any atom is -0.279 e. The lowest BCUT2D eigenvalue weighted by atomic mass is 10.1. The highest BCUT2D eigenvalue weighted by Gasteiger charge is 2.22. The second kappa shape index (κ2) is 8.41. The number of anilines is 2. The highest BCUT2D eigenvalue weighted by atomic mass is 32.2. The molecule has 0 atom stereocenters. The first-order valence-electron chi connectivity index (χ1n) is 8.47. The van der Waals surface area contributed by atoms with Gasteiger partial charge in [-0.2, -0.15) is 5.10 Å². The molecule has 0 saturated carbocycles. The van der Waals surface area contributed by atoms with Gasteiger partial charge in [-0.25, -0.2) is 8.42 Å². The first-order chi connectivity index (χ1) is 13.8. The van der Waals surface area contributed by atoms with Gasteiger partial charge in [-0.15, -0.1) is 11.3 Å². The quantitative estimate of drug-likeness (QED) is 0.325. The molecule has 1 aromatic heterocycles. The average Bonchev–Trinajstić information content (AvgIpc) is 3.17. The smallest absolute Gasteiger partial charge is 0.279 e. The summed E-state index contributed by atoms with van der Waals surface area (Å²) in [6, 6.07) is 12.6. The number of sulfonamides is 1. The predicted octanol–water partition coefficient (Wildman–Crippen LogP) is 4.52. The van der Waals surface area contributed by atoms with Crippen molar-refractivity contribution < 1.29 is 13.3 Å². The molecule has 0 fully saturated rings. The molecule has 8 nitrogen and oxygen atoms in total. The van der Waals surface area contributed by atoms with Gasteiger partial charge in [0.15, 0.2) is 0 Å². The molecular formula is C19H18N4O4S2. The van der Waals surface area contributed by atoms with Crippen LogP contribution in [0.1, 0.15) is 16.0 Å². The van der Waals surface area contributed by atoms with Gasteiger partial charge in [0.05, 0.1) is 21.7 Å². The van der Waals surface area contributed by atoms with Gasteiger partial charge in [0.2, 0.25) is 0 Å². The minimum absolute atomic E-state index is 0.0910. The second-order valence-corrected chi connectivity index (χ2v) is 8.91. The standard InChI is InChI=1S/C19H18N4O4S2/c1-13-5-7-17(14(2)10-13)22-29(26,27)16-6-8-18(19(11-16)23(24)25)21-20-12-15-4-3-9-28-15/h3-12,21-22H,1-2H3/b20-12+. The summed E-state index contributed by atoms with van der Waals surface area (Å²) < 4.78 is 27.9. The molecule has 29 heavy (non-hydrogen) atoms. The molecule has 0 amide bonds. The summed E-state index contributed by atoms with van der Waals surface area (Å²) in [5.74, 6) is 0. The van der Waals surface area contributed by atoms with Crippen molar-refractivity contribution in [3.8, 4) is 0 Å². The van der Waals surface area contributed by atoms with Crippen LogP contribution in [0.2, 0.25) is 0 Å². The van der Waals surface area contributed by atoms with Crippen LogP contribution in [-0.4, -0.2) is 19.6 Å². The van der Waals surface area contributed by atoms with Gasteiger partial charge in [0.25, 0.3) is 15.7 Å². The summed E-state index contributed by atoms with van der Waals surface area (Å²) in [7, 11) is -4.00. The summed E-state index contributed by atoms with van der Waals surface area (Å²) in [5, 5.41) is 17.3. The lowest BCUT2D eigenvalue weighted by Gasteiger charge is -2.12. The van der Waals surface area contributed by atoms with E-state index < -0.39 is 20.6 Å². The van der Waals surface area contributed by atoms with Crippen LogP contribution in [0.4, 0.5) is 17.1 Å². The van der Waals surface area contributed by atoms with Crippen LogP contribution in [0.3, 0.4) is 0 Å². The number of nitrogens with one attached hydrogen (secondary N) is 2. The topological polar surface area (TPSA) is 114 Å². The molecule has 0 radical (unpaired) electrons. The number of aryl methyl sites for hydroxylation is 2. The van der Waals surface area contributed by atoms with Crippen molar-refractivity contribution in [1.29, 1.82) is 0 Å². The molecule has 2 aromatic carbocycles. The van der Waals surface area contributed by atoms with E-state index in [9.17, 15) is 18.5 Å². The number of thiophene rings is 1. The van der Waals surface area contributed by atoms with Crippen LogP contribution in [0.15, 0.2) is 63.9 Å². The summed E-state index contributed by atoms with van der Waals surface area (Å²) in [6.07, 6.45) is 1.53. The SMILES string of the molecule is Cc1ccc(NS(=O)(=O)c2ccc(N/N=C/c3cccs3)c([N+](=O)[O-])c2)c(C)c1. The van der Waals surface area contributed by atoms with E-state index in [1.54, 1.807) is 19.1 Å². The van der Waals surface area contributed by atoms with E-state index in [-0.39, 0.29) is 10.6 Å². The van der Waals surface area contributed by atoms with Gasteiger partial charge in [0, 0.05) is 10.9 Å². The van der Waals surface area contributed by atoms with Crippen LogP contribution >= 0.6 is 11.3 Å². The molecule has 150 valence electrons. The van der Waals surface area contributed by atoms with Crippen molar-refractivity contribution in [3.05, 3.63) is 80.0 Å². The van der Waals surface area contributed by atoms with Crippen LogP contribution in [0.25, 0.3) is 0 Å². The fourth-order valence-electron chi connectivity index (χ4n) is 2.59. The van der Waals surface area contributed by atoms with Crippen molar-refractivity contribution >= 4 is 44.6 Å². The number of nitro benzene ring substituents is 1. The summed E-state index contributed by atoms with van der Waals surface area (Å²) >= 11 is 1.47. The Bertz CT molecular complexity index is 1170. The first kappa shape index (κ1) is 20.5. The van der Waals surface area contributed by atoms with Crippen LogP contribution in [0, 0.1) is 24.0 Å². The Morgan fingerprint density at radius 2 is 1.86 bits per heavy atom. The predicted molar refractivity (Wildman–Crippen MR) is 115 cm³/mol. The van der Waals surface area contributed by atoms with E-state index in [0.717, 1.165) is 22.1 Å². The Morgan fingerprint density at radius 3 is 2.52 bits per heavy atom. The first-order valence-corrected chi connectivity index (χ1v) is 10.8. The molecule has 3 aromatic rings. The maximum atomic E-state index is 12.7. The summed E-state index contributed by atoms with van der Waals surface area (Å²) in [6.45, 7) is 3.69. The number of nitro groups is 1. The number of hydrazone groups is 1. The fourth-order valence-corrected chi connectivity index (χ4v) is 4.32. The third kappa shape index (κ3) is 4.98. The van der Waals surface area contributed by atoms with Crippen LogP contribution < -0.4 is 10.1 Å². The maximum Gasteiger partial charge on any atom is 0.295 e.